The average molecular weight is 304 g/mol. The van der Waals surface area contributed by atoms with Gasteiger partial charge in [-0.3, -0.25) is 0 Å². The van der Waals surface area contributed by atoms with Crippen molar-refractivity contribution < 1.29 is 18.7 Å². The zero-order valence-corrected chi connectivity index (χ0v) is 12.8. The predicted molar refractivity (Wildman–Crippen MR) is 75.8 cm³/mol. The van der Waals surface area contributed by atoms with Crippen molar-refractivity contribution in [1.82, 2.24) is 4.90 Å². The Morgan fingerprint density at radius 3 is 2.60 bits per heavy atom. The molecule has 1 aromatic rings. The van der Waals surface area contributed by atoms with Crippen molar-refractivity contribution in [3.8, 4) is 5.75 Å². The van der Waals surface area contributed by atoms with Crippen molar-refractivity contribution >= 4 is 17.7 Å². The summed E-state index contributed by atoms with van der Waals surface area (Å²) in [6, 6.07) is 3.89. The fourth-order valence-corrected chi connectivity index (χ4v) is 1.54. The normalized spacial score (nSPS) is 11.1. The van der Waals surface area contributed by atoms with Gasteiger partial charge in [-0.25, -0.2) is 9.18 Å². The lowest BCUT2D eigenvalue weighted by Gasteiger charge is -2.24. The molecule has 0 bridgehead atoms. The molecule has 0 spiro atoms. The average Bonchev–Trinajstić information content (AvgIpc) is 2.29. The van der Waals surface area contributed by atoms with E-state index in [0.29, 0.717) is 12.3 Å². The number of ether oxygens (including phenoxy) is 2. The van der Waals surface area contributed by atoms with Crippen LogP contribution in [-0.4, -0.2) is 36.8 Å². The van der Waals surface area contributed by atoms with E-state index >= 15 is 0 Å². The number of nitrogens with zero attached hydrogens (tertiary/aromatic N) is 1. The third-order valence-electron chi connectivity index (χ3n) is 2.28. The number of amides is 1. The Balaban J connectivity index is 2.42. The van der Waals surface area contributed by atoms with E-state index in [1.54, 1.807) is 27.8 Å². The molecule has 0 aromatic heterocycles. The first kappa shape index (κ1) is 16.6. The molecule has 1 rings (SSSR count). The number of hydrogen-bond donors (Lipinski definition) is 0. The highest BCUT2D eigenvalue weighted by atomic mass is 35.5. The van der Waals surface area contributed by atoms with Gasteiger partial charge in [0, 0.05) is 7.05 Å². The minimum absolute atomic E-state index is 0.199. The van der Waals surface area contributed by atoms with Crippen LogP contribution in [0.15, 0.2) is 18.2 Å². The molecule has 0 atom stereocenters. The molecule has 112 valence electrons. The molecule has 0 saturated carbocycles. The van der Waals surface area contributed by atoms with Crippen molar-refractivity contribution in [2.24, 2.45) is 0 Å². The van der Waals surface area contributed by atoms with Crippen molar-refractivity contribution in [1.29, 1.82) is 0 Å². The van der Waals surface area contributed by atoms with E-state index in [9.17, 15) is 9.18 Å². The maximum absolute atomic E-state index is 12.9. The highest BCUT2D eigenvalue weighted by Gasteiger charge is 2.19. The van der Waals surface area contributed by atoms with E-state index in [2.05, 4.69) is 0 Å². The van der Waals surface area contributed by atoms with Gasteiger partial charge in [-0.2, -0.15) is 0 Å². The van der Waals surface area contributed by atoms with Gasteiger partial charge >= 0.3 is 6.09 Å². The topological polar surface area (TPSA) is 38.8 Å². The van der Waals surface area contributed by atoms with Gasteiger partial charge in [-0.1, -0.05) is 11.6 Å². The van der Waals surface area contributed by atoms with Gasteiger partial charge in [0.2, 0.25) is 0 Å². The van der Waals surface area contributed by atoms with Gasteiger partial charge in [-0.05, 0) is 39.0 Å². The molecule has 6 heteroatoms. The summed E-state index contributed by atoms with van der Waals surface area (Å²) in [4.78, 5) is 13.1. The second-order valence-electron chi connectivity index (χ2n) is 5.33. The molecule has 0 aliphatic carbocycles. The molecule has 0 aliphatic rings. The second-order valence-corrected chi connectivity index (χ2v) is 5.73. The molecule has 4 nitrogen and oxygen atoms in total. The summed E-state index contributed by atoms with van der Waals surface area (Å²) >= 11 is 5.82. The lowest BCUT2D eigenvalue weighted by atomic mass is 10.2. The van der Waals surface area contributed by atoms with Gasteiger partial charge in [0.15, 0.2) is 0 Å². The van der Waals surface area contributed by atoms with Crippen molar-refractivity contribution in [2.75, 3.05) is 20.2 Å². The van der Waals surface area contributed by atoms with Gasteiger partial charge in [-0.15, -0.1) is 0 Å². The van der Waals surface area contributed by atoms with Crippen LogP contribution in [0, 0.1) is 5.82 Å². The van der Waals surface area contributed by atoms with Crippen molar-refractivity contribution in [2.45, 2.75) is 26.4 Å². The maximum atomic E-state index is 12.9. The number of benzene rings is 1. The molecule has 1 amide bonds. The van der Waals surface area contributed by atoms with Crippen LogP contribution >= 0.6 is 11.6 Å². The third-order valence-corrected chi connectivity index (χ3v) is 2.58. The first-order valence-electron chi connectivity index (χ1n) is 6.21. The maximum Gasteiger partial charge on any atom is 0.410 e. The van der Waals surface area contributed by atoms with Gasteiger partial charge in [0.05, 0.1) is 11.6 Å². The summed E-state index contributed by atoms with van der Waals surface area (Å²) in [6.45, 7) is 5.97. The van der Waals surface area contributed by atoms with E-state index < -0.39 is 17.5 Å². The van der Waals surface area contributed by atoms with E-state index in [0.717, 1.165) is 0 Å². The molecule has 0 unspecified atom stereocenters. The molecule has 0 heterocycles. The third kappa shape index (κ3) is 5.65. The summed E-state index contributed by atoms with van der Waals surface area (Å²) in [7, 11) is 1.61. The predicted octanol–water partition coefficient (Wildman–Crippen LogP) is 3.72. The summed E-state index contributed by atoms with van der Waals surface area (Å²) in [6.07, 6.45) is -0.425. The summed E-state index contributed by atoms with van der Waals surface area (Å²) < 4.78 is 23.4. The zero-order chi connectivity index (χ0) is 15.3. The summed E-state index contributed by atoms with van der Waals surface area (Å²) in [5.74, 6) is -0.0427. The van der Waals surface area contributed by atoms with Gasteiger partial charge < -0.3 is 14.4 Å². The summed E-state index contributed by atoms with van der Waals surface area (Å²) in [5.41, 5.74) is -0.535. The zero-order valence-electron chi connectivity index (χ0n) is 12.1. The van der Waals surface area contributed by atoms with E-state index in [-0.39, 0.29) is 11.6 Å². The smallest absolute Gasteiger partial charge is 0.410 e. The van der Waals surface area contributed by atoms with Crippen LogP contribution < -0.4 is 4.74 Å². The minimum atomic E-state index is -0.535. The molecule has 0 aliphatic heterocycles. The largest absolute Gasteiger partial charge is 0.490 e. The van der Waals surface area contributed by atoms with Crippen LogP contribution in [0.4, 0.5) is 9.18 Å². The monoisotopic (exact) mass is 303 g/mol. The van der Waals surface area contributed by atoms with Crippen LogP contribution in [0.1, 0.15) is 20.8 Å². The standard InChI is InChI=1S/C14H19ClFNO3/c1-14(2,3)20-13(18)17(4)7-8-19-12-6-5-10(16)9-11(12)15/h5-6,9H,7-8H2,1-4H3. The molecular formula is C14H19ClFNO3. The Kier molecular flexibility index (Phi) is 5.62. The molecule has 0 radical (unpaired) electrons. The fourth-order valence-electron chi connectivity index (χ4n) is 1.32. The van der Waals surface area contributed by atoms with Crippen LogP contribution in [0.3, 0.4) is 0 Å². The number of carbonyl (C=O) groups excluding carboxylic acids is 1. The molecule has 0 fully saturated rings. The van der Waals surface area contributed by atoms with Gasteiger partial charge in [0.25, 0.3) is 0 Å². The summed E-state index contributed by atoms with van der Waals surface area (Å²) in [5, 5.41) is 0.199. The van der Waals surface area contributed by atoms with E-state index in [1.165, 1.54) is 23.1 Å². The molecular weight excluding hydrogens is 285 g/mol. The number of rotatable bonds is 4. The fraction of sp³-hybridized carbons (Fsp3) is 0.500. The number of carbonyl (C=O) groups is 1. The quantitative estimate of drug-likeness (QED) is 0.851. The minimum Gasteiger partial charge on any atom is -0.490 e. The Hall–Kier alpha value is -1.49. The van der Waals surface area contributed by atoms with Crippen molar-refractivity contribution in [3.05, 3.63) is 29.0 Å². The molecule has 0 N–H and O–H groups in total. The first-order chi connectivity index (χ1) is 9.19. The lowest BCUT2D eigenvalue weighted by molar-refractivity contribution is 0.0278. The van der Waals surface area contributed by atoms with Crippen molar-refractivity contribution in [3.63, 3.8) is 0 Å². The van der Waals surface area contributed by atoms with E-state index in [1.807, 2.05) is 0 Å². The number of likely N-dealkylation sites (N-methyl/N-ethyl adjacent to an activating group) is 1. The second kappa shape index (κ2) is 6.79. The van der Waals surface area contributed by atoms with Gasteiger partial charge in [0.1, 0.15) is 23.8 Å². The Morgan fingerprint density at radius 2 is 2.05 bits per heavy atom. The SMILES string of the molecule is CN(CCOc1ccc(F)cc1Cl)C(=O)OC(C)(C)C. The highest BCUT2D eigenvalue weighted by Crippen LogP contribution is 2.24. The Labute approximate surface area is 123 Å². The van der Waals surface area contributed by atoms with E-state index in [4.69, 9.17) is 21.1 Å². The molecule has 1 aromatic carbocycles. The first-order valence-corrected chi connectivity index (χ1v) is 6.59. The van der Waals surface area contributed by atoms with Crippen LogP contribution in [0.25, 0.3) is 0 Å². The Bertz CT molecular complexity index is 474. The highest BCUT2D eigenvalue weighted by molar-refractivity contribution is 6.32. The van der Waals surface area contributed by atoms with Crippen LogP contribution in [-0.2, 0) is 4.74 Å². The Morgan fingerprint density at radius 1 is 1.40 bits per heavy atom. The van der Waals surface area contributed by atoms with Crippen LogP contribution in [0.5, 0.6) is 5.75 Å². The number of halogens is 2. The van der Waals surface area contributed by atoms with Crippen LogP contribution in [0.2, 0.25) is 5.02 Å². The molecule has 0 saturated heterocycles. The lowest BCUT2D eigenvalue weighted by Crippen LogP contribution is -2.36. The molecule has 20 heavy (non-hydrogen) atoms. The number of hydrogen-bond acceptors (Lipinski definition) is 3.